The molecule has 2 aromatic rings. The number of Topliss-reactive ketones (excluding diaryl/α,β-unsaturated/α-hetero) is 1. The van der Waals surface area contributed by atoms with Crippen molar-refractivity contribution >= 4 is 23.5 Å². The number of carbonyl (C=O) groups excluding carboxylic acids is 1. The summed E-state index contributed by atoms with van der Waals surface area (Å²) < 4.78 is 0. The Balaban J connectivity index is 2.23. The zero-order valence-corrected chi connectivity index (χ0v) is 14.2. The highest BCUT2D eigenvalue weighted by Crippen LogP contribution is 2.18. The minimum atomic E-state index is -0.702. The van der Waals surface area contributed by atoms with Gasteiger partial charge in [-0.25, -0.2) is 0 Å². The van der Waals surface area contributed by atoms with Crippen LogP contribution in [-0.4, -0.2) is 23.5 Å². The first kappa shape index (κ1) is 18.4. The van der Waals surface area contributed by atoms with Crippen molar-refractivity contribution in [2.24, 2.45) is 5.73 Å². The predicted octanol–water partition coefficient (Wildman–Crippen LogP) is 3.64. The van der Waals surface area contributed by atoms with E-state index in [4.69, 9.17) is 17.3 Å². The Morgan fingerprint density at radius 3 is 2.42 bits per heavy atom. The molecule has 126 valence electrons. The fourth-order valence-corrected chi connectivity index (χ4v) is 2.57. The van der Waals surface area contributed by atoms with E-state index in [0.717, 1.165) is 11.1 Å². The number of carbonyl (C=O) groups is 1. The lowest BCUT2D eigenvalue weighted by atomic mass is 9.95. The number of ketones is 1. The maximum atomic E-state index is 12.6. The summed E-state index contributed by atoms with van der Waals surface area (Å²) >= 11 is 5.91. The van der Waals surface area contributed by atoms with Crippen molar-refractivity contribution < 1.29 is 9.90 Å². The van der Waals surface area contributed by atoms with E-state index in [-0.39, 0.29) is 12.2 Å². The summed E-state index contributed by atoms with van der Waals surface area (Å²) in [5, 5.41) is 10.5. The third kappa shape index (κ3) is 5.93. The van der Waals surface area contributed by atoms with Crippen molar-refractivity contribution in [1.82, 2.24) is 0 Å². The lowest BCUT2D eigenvalue weighted by molar-refractivity contribution is -0.117. The number of hydrogen-bond donors (Lipinski definition) is 2. The summed E-state index contributed by atoms with van der Waals surface area (Å²) in [6, 6.07) is 17.1. The van der Waals surface area contributed by atoms with Gasteiger partial charge in [-0.1, -0.05) is 54.1 Å². The SMILES string of the molecule is NCCC(O)CC(=O)/C(=C/c1ccc(Cl)cc1)Cc1ccccc1. The van der Waals surface area contributed by atoms with Gasteiger partial charge in [0.15, 0.2) is 5.78 Å². The minimum absolute atomic E-state index is 0.0604. The van der Waals surface area contributed by atoms with Crippen LogP contribution in [0.5, 0.6) is 0 Å². The Labute approximate surface area is 147 Å². The number of aliphatic hydroxyl groups is 1. The second kappa shape index (κ2) is 9.38. The first-order chi connectivity index (χ1) is 11.6. The van der Waals surface area contributed by atoms with Crippen molar-refractivity contribution in [2.75, 3.05) is 6.54 Å². The van der Waals surface area contributed by atoms with Crippen molar-refractivity contribution in [3.63, 3.8) is 0 Å². The molecule has 0 radical (unpaired) electrons. The third-order valence-electron chi connectivity index (χ3n) is 3.73. The second-order valence-corrected chi connectivity index (χ2v) is 6.18. The van der Waals surface area contributed by atoms with Gasteiger partial charge in [-0.15, -0.1) is 0 Å². The molecule has 0 amide bonds. The largest absolute Gasteiger partial charge is 0.393 e. The van der Waals surface area contributed by atoms with Gasteiger partial charge in [-0.05, 0) is 42.3 Å². The number of halogens is 1. The van der Waals surface area contributed by atoms with Crippen LogP contribution in [0.25, 0.3) is 6.08 Å². The molecule has 0 saturated heterocycles. The van der Waals surface area contributed by atoms with Gasteiger partial charge in [-0.2, -0.15) is 0 Å². The molecule has 2 rings (SSSR count). The van der Waals surface area contributed by atoms with E-state index in [9.17, 15) is 9.90 Å². The van der Waals surface area contributed by atoms with E-state index in [1.54, 1.807) is 12.1 Å². The zero-order valence-electron chi connectivity index (χ0n) is 13.5. The van der Waals surface area contributed by atoms with Crippen LogP contribution in [0.1, 0.15) is 24.0 Å². The van der Waals surface area contributed by atoms with E-state index in [1.807, 2.05) is 48.5 Å². The summed E-state index contributed by atoms with van der Waals surface area (Å²) in [7, 11) is 0. The molecule has 4 heteroatoms. The zero-order chi connectivity index (χ0) is 17.4. The first-order valence-corrected chi connectivity index (χ1v) is 8.37. The summed E-state index contributed by atoms with van der Waals surface area (Å²) in [4.78, 5) is 12.6. The van der Waals surface area contributed by atoms with Crippen LogP contribution in [0.3, 0.4) is 0 Å². The molecular formula is C20H22ClNO2. The molecule has 2 aromatic carbocycles. The van der Waals surface area contributed by atoms with Crippen LogP contribution in [0.15, 0.2) is 60.2 Å². The number of aliphatic hydroxyl groups excluding tert-OH is 1. The molecule has 3 N–H and O–H groups in total. The topological polar surface area (TPSA) is 63.3 Å². The monoisotopic (exact) mass is 343 g/mol. The lowest BCUT2D eigenvalue weighted by Gasteiger charge is -2.11. The highest BCUT2D eigenvalue weighted by molar-refractivity contribution is 6.30. The molecule has 0 saturated carbocycles. The summed E-state index contributed by atoms with van der Waals surface area (Å²) in [6.07, 6.45) is 2.19. The van der Waals surface area contributed by atoms with Crippen molar-refractivity contribution in [2.45, 2.75) is 25.4 Å². The molecule has 0 bridgehead atoms. The smallest absolute Gasteiger partial charge is 0.161 e. The van der Waals surface area contributed by atoms with Crippen molar-refractivity contribution in [3.8, 4) is 0 Å². The van der Waals surface area contributed by atoms with Crippen LogP contribution in [0.2, 0.25) is 5.02 Å². The van der Waals surface area contributed by atoms with Crippen LogP contribution in [0.4, 0.5) is 0 Å². The van der Waals surface area contributed by atoms with E-state index in [0.29, 0.717) is 30.0 Å². The molecule has 0 heterocycles. The van der Waals surface area contributed by atoms with E-state index in [2.05, 4.69) is 0 Å². The summed E-state index contributed by atoms with van der Waals surface area (Å²) in [5.74, 6) is -0.0604. The van der Waals surface area contributed by atoms with Crippen LogP contribution in [0, 0.1) is 0 Å². The second-order valence-electron chi connectivity index (χ2n) is 5.74. The average molecular weight is 344 g/mol. The normalized spacial score (nSPS) is 12.9. The standard InChI is InChI=1S/C20H22ClNO2/c21-18-8-6-16(7-9-18)13-17(12-15-4-2-1-3-5-15)20(24)14-19(23)10-11-22/h1-9,13,19,23H,10-12,14,22H2/b17-13+. The van der Waals surface area contributed by atoms with Crippen LogP contribution in [-0.2, 0) is 11.2 Å². The Bertz CT molecular complexity index is 681. The Hall–Kier alpha value is -1.94. The number of rotatable bonds is 8. The van der Waals surface area contributed by atoms with Gasteiger partial charge < -0.3 is 10.8 Å². The average Bonchev–Trinajstić information content (AvgIpc) is 2.57. The fraction of sp³-hybridized carbons (Fsp3) is 0.250. The molecule has 3 nitrogen and oxygen atoms in total. The fourth-order valence-electron chi connectivity index (χ4n) is 2.45. The van der Waals surface area contributed by atoms with E-state index >= 15 is 0 Å². The Morgan fingerprint density at radius 1 is 1.12 bits per heavy atom. The highest BCUT2D eigenvalue weighted by atomic mass is 35.5. The third-order valence-corrected chi connectivity index (χ3v) is 3.98. The molecule has 0 fully saturated rings. The highest BCUT2D eigenvalue weighted by Gasteiger charge is 2.15. The quantitative estimate of drug-likeness (QED) is 0.719. The van der Waals surface area contributed by atoms with Gasteiger partial charge in [-0.3, -0.25) is 4.79 Å². The van der Waals surface area contributed by atoms with E-state index in [1.165, 1.54) is 0 Å². The molecule has 0 spiro atoms. The number of benzene rings is 2. The van der Waals surface area contributed by atoms with Crippen molar-refractivity contribution in [3.05, 3.63) is 76.3 Å². The Morgan fingerprint density at radius 2 is 1.79 bits per heavy atom. The van der Waals surface area contributed by atoms with Gasteiger partial charge in [0.05, 0.1) is 6.10 Å². The number of nitrogens with two attached hydrogens (primary N) is 1. The van der Waals surface area contributed by atoms with Gasteiger partial charge >= 0.3 is 0 Å². The van der Waals surface area contributed by atoms with E-state index < -0.39 is 6.10 Å². The van der Waals surface area contributed by atoms with Gasteiger partial charge in [0.1, 0.15) is 0 Å². The van der Waals surface area contributed by atoms with Gasteiger partial charge in [0.25, 0.3) is 0 Å². The predicted molar refractivity (Wildman–Crippen MR) is 98.9 cm³/mol. The molecule has 0 aliphatic heterocycles. The molecule has 0 aliphatic rings. The molecule has 24 heavy (non-hydrogen) atoms. The Kier molecular flexibility index (Phi) is 7.19. The number of allylic oxidation sites excluding steroid dienone is 1. The molecular weight excluding hydrogens is 322 g/mol. The number of hydrogen-bond acceptors (Lipinski definition) is 3. The summed E-state index contributed by atoms with van der Waals surface area (Å²) in [5.41, 5.74) is 8.07. The molecule has 1 unspecified atom stereocenters. The minimum Gasteiger partial charge on any atom is -0.393 e. The van der Waals surface area contributed by atoms with Crippen LogP contribution < -0.4 is 5.73 Å². The van der Waals surface area contributed by atoms with Gasteiger partial charge in [0.2, 0.25) is 0 Å². The maximum absolute atomic E-state index is 12.6. The summed E-state index contributed by atoms with van der Waals surface area (Å²) in [6.45, 7) is 0.364. The van der Waals surface area contributed by atoms with Gasteiger partial charge in [0, 0.05) is 23.4 Å². The van der Waals surface area contributed by atoms with Crippen LogP contribution >= 0.6 is 11.6 Å². The molecule has 1 atom stereocenters. The molecule has 0 aromatic heterocycles. The first-order valence-electron chi connectivity index (χ1n) is 8.00. The van der Waals surface area contributed by atoms with Crippen molar-refractivity contribution in [1.29, 1.82) is 0 Å². The molecule has 0 aliphatic carbocycles. The lowest BCUT2D eigenvalue weighted by Crippen LogP contribution is -2.19. The maximum Gasteiger partial charge on any atom is 0.161 e.